The van der Waals surface area contributed by atoms with E-state index in [0.29, 0.717) is 0 Å². The predicted molar refractivity (Wildman–Crippen MR) is 500 cm³/mol. The molecule has 6 aliphatic carbocycles. The van der Waals surface area contributed by atoms with Gasteiger partial charge in [-0.05, 0) is 231 Å². The second kappa shape index (κ2) is 29.8. The van der Waals surface area contributed by atoms with E-state index in [1.54, 1.807) is 16.7 Å². The molecule has 2 spiro atoms. The monoisotopic (exact) mass is 1550 g/mol. The van der Waals surface area contributed by atoms with Crippen LogP contribution >= 0.6 is 0 Å². The molecule has 0 bridgehead atoms. The maximum Gasteiger partial charge on any atom is 0.144 e. The molecule has 0 N–H and O–H groups in total. The van der Waals surface area contributed by atoms with Crippen LogP contribution in [0.3, 0.4) is 0 Å². The Kier molecular flexibility index (Phi) is 18.5. The van der Waals surface area contributed by atoms with Crippen molar-refractivity contribution in [1.82, 2.24) is 0 Å². The van der Waals surface area contributed by atoms with Crippen LogP contribution in [0.4, 0.5) is 17.1 Å². The van der Waals surface area contributed by atoms with Gasteiger partial charge in [0.15, 0.2) is 0 Å². The Morgan fingerprint density at radius 2 is 0.622 bits per heavy atom. The summed E-state index contributed by atoms with van der Waals surface area (Å²) >= 11 is 0. The number of fused-ring (bicyclic) bond motifs is 36. The Balaban J connectivity index is 0.813. The van der Waals surface area contributed by atoms with Crippen LogP contribution in [0.1, 0.15) is 249 Å². The van der Waals surface area contributed by atoms with E-state index in [1.165, 1.54) is 278 Å². The Morgan fingerprint density at radius 1 is 0.235 bits per heavy atom. The Morgan fingerprint density at radius 3 is 1.18 bits per heavy atom. The van der Waals surface area contributed by atoms with Crippen LogP contribution in [0, 0.1) is 0 Å². The molecule has 0 fully saturated rings. The molecule has 2 aromatic heterocycles. The van der Waals surface area contributed by atoms with Crippen molar-refractivity contribution < 1.29 is 8.83 Å². The van der Waals surface area contributed by atoms with Crippen LogP contribution in [0.2, 0.25) is 0 Å². The minimum atomic E-state index is -0.709. The Bertz CT molecular complexity index is 6530. The molecule has 3 nitrogen and oxygen atoms in total. The molecule has 0 amide bonds. The molecule has 119 heavy (non-hydrogen) atoms. The maximum atomic E-state index is 7.69. The van der Waals surface area contributed by atoms with Gasteiger partial charge in [0.05, 0.1) is 10.8 Å². The third-order valence-corrected chi connectivity index (χ3v) is 29.6. The van der Waals surface area contributed by atoms with Crippen molar-refractivity contribution in [1.29, 1.82) is 0 Å². The number of nitrogens with zero attached hydrogens (tertiary/aromatic N) is 1. The predicted octanol–water partition coefficient (Wildman–Crippen LogP) is 33.3. The number of unbranched alkanes of at least 4 members (excludes halogenated alkanes) is 16. The molecule has 3 heteroatoms. The third-order valence-electron chi connectivity index (χ3n) is 29.6. The van der Waals surface area contributed by atoms with Gasteiger partial charge in [-0.1, -0.05) is 375 Å². The molecule has 0 saturated carbocycles. The highest BCUT2D eigenvalue weighted by molar-refractivity contribution is 6.22. The maximum absolute atomic E-state index is 7.69. The van der Waals surface area contributed by atoms with Gasteiger partial charge in [-0.2, -0.15) is 0 Å². The van der Waals surface area contributed by atoms with E-state index in [1.807, 2.05) is 0 Å². The van der Waals surface area contributed by atoms with Crippen molar-refractivity contribution in [3.63, 3.8) is 0 Å². The van der Waals surface area contributed by atoms with E-state index in [0.717, 1.165) is 64.8 Å². The number of anilines is 3. The molecule has 22 rings (SSSR count). The highest BCUT2D eigenvalue weighted by atomic mass is 16.3. The van der Waals surface area contributed by atoms with Gasteiger partial charge in [0.2, 0.25) is 0 Å². The molecular weight excluding hydrogens is 1440 g/mol. The summed E-state index contributed by atoms with van der Waals surface area (Å²) in [5, 5.41) is 4.89. The Hall–Kier alpha value is -11.5. The van der Waals surface area contributed by atoms with Gasteiger partial charge in [0.25, 0.3) is 0 Å². The quantitative estimate of drug-likeness (QED) is 0.0458. The van der Waals surface area contributed by atoms with Gasteiger partial charge < -0.3 is 13.7 Å². The van der Waals surface area contributed by atoms with Crippen molar-refractivity contribution in [3.05, 3.63) is 352 Å². The van der Waals surface area contributed by atoms with E-state index in [2.05, 4.69) is 318 Å². The fourth-order valence-corrected chi connectivity index (χ4v) is 24.6. The van der Waals surface area contributed by atoms with Gasteiger partial charge in [-0.25, -0.2) is 0 Å². The largest absolute Gasteiger partial charge is 0.456 e. The fourth-order valence-electron chi connectivity index (χ4n) is 24.6. The van der Waals surface area contributed by atoms with E-state index in [-0.39, 0.29) is 10.8 Å². The summed E-state index contributed by atoms with van der Waals surface area (Å²) in [5.41, 5.74) is 41.0. The van der Waals surface area contributed by atoms with Crippen molar-refractivity contribution in [2.45, 2.75) is 203 Å². The lowest BCUT2D eigenvalue weighted by atomic mass is 9.62. The molecule has 0 aliphatic heterocycles. The minimum absolute atomic E-state index is 0.194. The molecule has 0 atom stereocenters. The lowest BCUT2D eigenvalue weighted by molar-refractivity contribution is 0.369. The molecule has 0 saturated heterocycles. The molecule has 6 aliphatic rings. The molecule has 0 radical (unpaired) electrons. The highest BCUT2D eigenvalue weighted by Crippen LogP contribution is 2.72. The molecule has 16 aromatic rings. The van der Waals surface area contributed by atoms with Crippen LogP contribution in [-0.4, -0.2) is 0 Å². The highest BCUT2D eigenvalue weighted by Gasteiger charge is 2.59. The first-order chi connectivity index (χ1) is 58.9. The zero-order valence-electron chi connectivity index (χ0n) is 69.9. The smallest absolute Gasteiger partial charge is 0.144 e. The summed E-state index contributed by atoms with van der Waals surface area (Å²) < 4.78 is 14.7. The standard InChI is InChI=1S/C116H107NO2/c1-5-9-13-17-38-68-113(69-39-18-14-10-6-2)92-51-31-28-48-86(92)109-111(113)110-107(108-89-50-30-37-57-103(89)119-112(108)109)87-65-63-79(72-98(87)114(110,70-40-19-15-11-7-3)71-41-20-16-12-8-4)117(78-60-58-77(59-61-78)76-42-22-21-23-43-76)80-62-64-85-90-74-101-91(75-100(90)116(99(85)73-80)95-54-34-26-46-83(95)84-47-27-35-55-96(84)116)105-97(66-67-104-106(105)88-49-29-36-56-102(88)118-104)115(101)93-52-32-24-44-81(93)82-45-25-33-53-94(82)115/h21-37,42-67,72-75H,5-20,38-41,68-71H2,1-4H3. The first-order valence-electron chi connectivity index (χ1n) is 45.8. The van der Waals surface area contributed by atoms with Crippen LogP contribution in [0.15, 0.2) is 294 Å². The number of hydrogen-bond donors (Lipinski definition) is 0. The van der Waals surface area contributed by atoms with E-state index in [9.17, 15) is 0 Å². The van der Waals surface area contributed by atoms with Gasteiger partial charge in [0.1, 0.15) is 22.3 Å². The SMILES string of the molecule is CCCCCCCC1(CCCCCCC)c2ccccc2-c2c1c1c(c3c2oc2ccccc23)-c2ccc(N(c3ccc(-c4ccccc4)cc3)c3ccc4c(c3)C3(c5ccccc5-c5ccccc53)c3cc5c(cc3-4)C3(c4ccccc4-c4ccccc43)c3ccc4oc6ccccc6c4c3-5)cc2C1(CCCCCCC)CCCCCCC. The average Bonchev–Trinajstić information content (AvgIpc) is 1.46. The van der Waals surface area contributed by atoms with Gasteiger partial charge in [-0.15, -0.1) is 0 Å². The summed E-state index contributed by atoms with van der Waals surface area (Å²) in [6.07, 6.45) is 29.3. The summed E-state index contributed by atoms with van der Waals surface area (Å²) in [7, 11) is 0. The second-order valence-electron chi connectivity index (χ2n) is 36.0. The van der Waals surface area contributed by atoms with Crippen molar-refractivity contribution in [2.24, 2.45) is 0 Å². The summed E-state index contributed by atoms with van der Waals surface area (Å²) in [4.78, 5) is 2.69. The fraction of sp³-hybridized carbons (Fsp3) is 0.276. The number of para-hydroxylation sites is 2. The summed E-state index contributed by atoms with van der Waals surface area (Å²) in [5.74, 6) is 0. The summed E-state index contributed by atoms with van der Waals surface area (Å²) in [6, 6.07) is 112. The van der Waals surface area contributed by atoms with E-state index < -0.39 is 10.8 Å². The zero-order valence-corrected chi connectivity index (χ0v) is 69.9. The molecular formula is C116H107NO2. The number of furan rings is 2. The first-order valence-corrected chi connectivity index (χ1v) is 45.8. The molecule has 588 valence electrons. The van der Waals surface area contributed by atoms with Gasteiger partial charge >= 0.3 is 0 Å². The van der Waals surface area contributed by atoms with Gasteiger partial charge in [-0.3, -0.25) is 0 Å². The first kappa shape index (κ1) is 73.8. The van der Waals surface area contributed by atoms with Crippen molar-refractivity contribution >= 4 is 60.9 Å². The zero-order chi connectivity index (χ0) is 79.6. The number of rotatable bonds is 28. The third kappa shape index (κ3) is 10.9. The Labute approximate surface area is 703 Å². The van der Waals surface area contributed by atoms with Crippen molar-refractivity contribution in [3.8, 4) is 77.9 Å². The molecule has 2 heterocycles. The number of hydrogen-bond acceptors (Lipinski definition) is 3. The number of benzene rings is 14. The molecule has 0 unspecified atom stereocenters. The normalized spacial score (nSPS) is 14.8. The lowest BCUT2D eigenvalue weighted by Gasteiger charge is -2.40. The summed E-state index contributed by atoms with van der Waals surface area (Å²) in [6.45, 7) is 9.51. The van der Waals surface area contributed by atoms with Crippen LogP contribution in [0.25, 0.3) is 122 Å². The van der Waals surface area contributed by atoms with E-state index >= 15 is 0 Å². The van der Waals surface area contributed by atoms with Crippen LogP contribution in [0.5, 0.6) is 0 Å². The minimum Gasteiger partial charge on any atom is -0.456 e. The van der Waals surface area contributed by atoms with Crippen LogP contribution < -0.4 is 4.90 Å². The van der Waals surface area contributed by atoms with Gasteiger partial charge in [0, 0.05) is 55.0 Å². The average molecular weight is 1550 g/mol. The van der Waals surface area contributed by atoms with Crippen molar-refractivity contribution in [2.75, 3.05) is 4.90 Å². The molecule has 14 aromatic carbocycles. The van der Waals surface area contributed by atoms with E-state index in [4.69, 9.17) is 8.83 Å². The topological polar surface area (TPSA) is 29.5 Å². The van der Waals surface area contributed by atoms with Crippen LogP contribution in [-0.2, 0) is 21.7 Å². The lowest BCUT2D eigenvalue weighted by Crippen LogP contribution is -2.33. The second-order valence-corrected chi connectivity index (χ2v) is 36.0.